The van der Waals surface area contributed by atoms with Crippen molar-refractivity contribution in [2.24, 2.45) is 4.99 Å². The lowest BCUT2D eigenvalue weighted by molar-refractivity contribution is -0.120. The largest absolute Gasteiger partial charge is 0.324 e. The standard InChI is InChI=1S/C23H17F2N3O2/c24-17-11-10-16(12-18(17)25)26-22(29)14-28-21-9-5-4-8-19(21)27-20(13-23(28)30)15-6-2-1-3-7-15/h1-12H,13-14H2,(H,26,29). The minimum Gasteiger partial charge on any atom is -0.324 e. The van der Waals surface area contributed by atoms with Crippen LogP contribution in [0, 0.1) is 11.6 Å². The van der Waals surface area contributed by atoms with Gasteiger partial charge in [-0.3, -0.25) is 14.6 Å². The Morgan fingerprint density at radius 1 is 0.967 bits per heavy atom. The van der Waals surface area contributed by atoms with Crippen molar-refractivity contribution >= 4 is 34.6 Å². The molecule has 3 aromatic carbocycles. The Morgan fingerprint density at radius 3 is 2.47 bits per heavy atom. The third kappa shape index (κ3) is 4.10. The quantitative estimate of drug-likeness (QED) is 0.697. The van der Waals surface area contributed by atoms with Crippen molar-refractivity contribution in [1.82, 2.24) is 0 Å². The molecule has 3 aromatic rings. The second-order valence-electron chi connectivity index (χ2n) is 6.75. The molecule has 0 atom stereocenters. The van der Waals surface area contributed by atoms with Crippen molar-refractivity contribution in [3.63, 3.8) is 0 Å². The molecule has 0 aliphatic carbocycles. The third-order valence-electron chi connectivity index (χ3n) is 4.66. The fraction of sp³-hybridized carbons (Fsp3) is 0.0870. The zero-order valence-electron chi connectivity index (χ0n) is 15.8. The number of benzene rings is 3. The number of aliphatic imine (C=N–C) groups is 1. The van der Waals surface area contributed by atoms with Crippen LogP contribution in [0.2, 0.25) is 0 Å². The summed E-state index contributed by atoms with van der Waals surface area (Å²) >= 11 is 0. The predicted octanol–water partition coefficient (Wildman–Crippen LogP) is 4.46. The number of carbonyl (C=O) groups is 2. The lowest BCUT2D eigenvalue weighted by Gasteiger charge is -2.22. The lowest BCUT2D eigenvalue weighted by Crippen LogP contribution is -2.38. The number of para-hydroxylation sites is 2. The first-order chi connectivity index (χ1) is 14.5. The molecule has 4 rings (SSSR count). The molecule has 0 bridgehead atoms. The molecule has 0 saturated heterocycles. The topological polar surface area (TPSA) is 61.8 Å². The SMILES string of the molecule is O=C(CN1C(=O)CC(c2ccccc2)=Nc2ccccc21)Nc1ccc(F)c(F)c1. The molecule has 1 aliphatic rings. The van der Waals surface area contributed by atoms with Crippen LogP contribution in [-0.2, 0) is 9.59 Å². The summed E-state index contributed by atoms with van der Waals surface area (Å²) in [4.78, 5) is 31.5. The Kier molecular flexibility index (Phi) is 5.34. The molecule has 0 saturated carbocycles. The molecule has 0 spiro atoms. The van der Waals surface area contributed by atoms with Gasteiger partial charge in [0, 0.05) is 11.8 Å². The van der Waals surface area contributed by atoms with Gasteiger partial charge in [-0.1, -0.05) is 42.5 Å². The number of anilines is 2. The van der Waals surface area contributed by atoms with E-state index in [-0.39, 0.29) is 24.6 Å². The maximum absolute atomic E-state index is 13.4. The highest BCUT2D eigenvalue weighted by molar-refractivity contribution is 6.18. The van der Waals surface area contributed by atoms with Crippen LogP contribution in [0.25, 0.3) is 0 Å². The van der Waals surface area contributed by atoms with E-state index in [0.717, 1.165) is 17.7 Å². The van der Waals surface area contributed by atoms with Crippen LogP contribution < -0.4 is 10.2 Å². The molecule has 30 heavy (non-hydrogen) atoms. The van der Waals surface area contributed by atoms with Gasteiger partial charge in [-0.15, -0.1) is 0 Å². The molecule has 1 aliphatic heterocycles. The summed E-state index contributed by atoms with van der Waals surface area (Å²) in [7, 11) is 0. The van der Waals surface area contributed by atoms with E-state index < -0.39 is 17.5 Å². The second-order valence-corrected chi connectivity index (χ2v) is 6.75. The highest BCUT2D eigenvalue weighted by Crippen LogP contribution is 2.32. The van der Waals surface area contributed by atoms with Gasteiger partial charge in [0.2, 0.25) is 11.8 Å². The van der Waals surface area contributed by atoms with Gasteiger partial charge >= 0.3 is 0 Å². The number of hydrogen-bond acceptors (Lipinski definition) is 3. The summed E-state index contributed by atoms with van der Waals surface area (Å²) in [5, 5.41) is 2.50. The van der Waals surface area contributed by atoms with E-state index in [9.17, 15) is 18.4 Å². The van der Waals surface area contributed by atoms with Gasteiger partial charge in [0.15, 0.2) is 11.6 Å². The van der Waals surface area contributed by atoms with Crippen molar-refractivity contribution in [2.45, 2.75) is 6.42 Å². The second kappa shape index (κ2) is 8.24. The van der Waals surface area contributed by atoms with Gasteiger partial charge in [0.1, 0.15) is 6.54 Å². The van der Waals surface area contributed by atoms with Crippen LogP contribution in [-0.4, -0.2) is 24.1 Å². The van der Waals surface area contributed by atoms with E-state index in [1.54, 1.807) is 24.3 Å². The van der Waals surface area contributed by atoms with Crippen molar-refractivity contribution < 1.29 is 18.4 Å². The normalized spacial score (nSPS) is 13.3. The number of nitrogens with one attached hydrogen (secondary N) is 1. The molecule has 2 amide bonds. The molecule has 1 heterocycles. The minimum atomic E-state index is -1.06. The summed E-state index contributed by atoms with van der Waals surface area (Å²) in [6, 6.07) is 19.5. The number of halogens is 2. The molecule has 0 radical (unpaired) electrons. The molecule has 7 heteroatoms. The van der Waals surface area contributed by atoms with Gasteiger partial charge in [-0.05, 0) is 29.8 Å². The van der Waals surface area contributed by atoms with E-state index in [1.165, 1.54) is 11.0 Å². The zero-order valence-corrected chi connectivity index (χ0v) is 15.8. The monoisotopic (exact) mass is 405 g/mol. The summed E-state index contributed by atoms with van der Waals surface area (Å²) in [6.45, 7) is -0.285. The van der Waals surface area contributed by atoms with Crippen molar-refractivity contribution in [2.75, 3.05) is 16.8 Å². The van der Waals surface area contributed by atoms with Crippen LogP contribution in [0.4, 0.5) is 25.8 Å². The molecular weight excluding hydrogens is 388 g/mol. The van der Waals surface area contributed by atoms with Gasteiger partial charge in [0.25, 0.3) is 0 Å². The van der Waals surface area contributed by atoms with Crippen LogP contribution >= 0.6 is 0 Å². The number of nitrogens with zero attached hydrogens (tertiary/aromatic N) is 2. The Labute approximate surface area is 171 Å². The molecular formula is C23H17F2N3O2. The molecule has 0 fully saturated rings. The Hall–Kier alpha value is -3.87. The zero-order chi connectivity index (χ0) is 21.1. The fourth-order valence-electron chi connectivity index (χ4n) is 3.23. The molecule has 5 nitrogen and oxygen atoms in total. The van der Waals surface area contributed by atoms with Crippen LogP contribution in [0.15, 0.2) is 77.8 Å². The highest BCUT2D eigenvalue weighted by atomic mass is 19.2. The molecule has 0 unspecified atom stereocenters. The van der Waals surface area contributed by atoms with Gasteiger partial charge in [-0.2, -0.15) is 0 Å². The Morgan fingerprint density at radius 2 is 1.70 bits per heavy atom. The van der Waals surface area contributed by atoms with Crippen molar-refractivity contribution in [1.29, 1.82) is 0 Å². The van der Waals surface area contributed by atoms with Gasteiger partial charge in [-0.25, -0.2) is 8.78 Å². The van der Waals surface area contributed by atoms with Gasteiger partial charge in [0.05, 0.1) is 23.5 Å². The van der Waals surface area contributed by atoms with Crippen molar-refractivity contribution in [3.8, 4) is 0 Å². The maximum atomic E-state index is 13.4. The summed E-state index contributed by atoms with van der Waals surface area (Å²) in [5.41, 5.74) is 2.62. The van der Waals surface area contributed by atoms with Crippen LogP contribution in [0.5, 0.6) is 0 Å². The number of amides is 2. The predicted molar refractivity (Wildman–Crippen MR) is 111 cm³/mol. The number of rotatable bonds is 4. The summed E-state index contributed by atoms with van der Waals surface area (Å²) < 4.78 is 26.5. The third-order valence-corrected chi connectivity index (χ3v) is 4.66. The Balaban J connectivity index is 1.59. The first-order valence-electron chi connectivity index (χ1n) is 9.28. The van der Waals surface area contributed by atoms with E-state index in [0.29, 0.717) is 17.1 Å². The smallest absolute Gasteiger partial charge is 0.244 e. The van der Waals surface area contributed by atoms with Gasteiger partial charge < -0.3 is 10.2 Å². The average Bonchev–Trinajstić information content (AvgIpc) is 2.88. The Bertz CT molecular complexity index is 1150. The summed E-state index contributed by atoms with van der Waals surface area (Å²) in [6.07, 6.45) is 0.0250. The minimum absolute atomic E-state index is 0.0250. The number of carbonyl (C=O) groups excluding carboxylic acids is 2. The van der Waals surface area contributed by atoms with Crippen LogP contribution in [0.3, 0.4) is 0 Å². The first-order valence-corrected chi connectivity index (χ1v) is 9.28. The lowest BCUT2D eigenvalue weighted by atomic mass is 10.1. The molecule has 1 N–H and O–H groups in total. The average molecular weight is 405 g/mol. The highest BCUT2D eigenvalue weighted by Gasteiger charge is 2.26. The molecule has 0 aromatic heterocycles. The van der Waals surface area contributed by atoms with E-state index in [1.807, 2.05) is 30.3 Å². The number of fused-ring (bicyclic) bond motifs is 1. The summed E-state index contributed by atoms with van der Waals surface area (Å²) in [5.74, 6) is -2.89. The van der Waals surface area contributed by atoms with E-state index in [2.05, 4.69) is 10.3 Å². The fourth-order valence-corrected chi connectivity index (χ4v) is 3.23. The van der Waals surface area contributed by atoms with Crippen LogP contribution in [0.1, 0.15) is 12.0 Å². The van der Waals surface area contributed by atoms with Crippen molar-refractivity contribution in [3.05, 3.63) is 90.0 Å². The number of hydrogen-bond donors (Lipinski definition) is 1. The van der Waals surface area contributed by atoms with E-state index >= 15 is 0 Å². The van der Waals surface area contributed by atoms with E-state index in [4.69, 9.17) is 0 Å². The molecule has 150 valence electrons. The first kappa shape index (κ1) is 19.4. The maximum Gasteiger partial charge on any atom is 0.244 e.